The van der Waals surface area contributed by atoms with E-state index in [1.165, 1.54) is 0 Å². The largest absolute Gasteiger partial charge is 0.346 e. The Kier molecular flexibility index (Phi) is 3.22. The molecule has 0 radical (unpaired) electrons. The van der Waals surface area contributed by atoms with Crippen molar-refractivity contribution in [2.24, 2.45) is 7.05 Å². The van der Waals surface area contributed by atoms with Crippen molar-refractivity contribution in [2.75, 3.05) is 0 Å². The lowest BCUT2D eigenvalue weighted by molar-refractivity contribution is 0.0945. The first kappa shape index (κ1) is 11.4. The maximum absolute atomic E-state index is 11.7. The number of carbonyl (C=O) groups is 1. The molecule has 0 saturated heterocycles. The van der Waals surface area contributed by atoms with Crippen molar-refractivity contribution in [1.29, 1.82) is 0 Å². The highest BCUT2D eigenvalue weighted by Gasteiger charge is 2.08. The zero-order chi connectivity index (χ0) is 12.3. The third kappa shape index (κ3) is 2.72. The minimum atomic E-state index is -0.166. The van der Waals surface area contributed by atoms with Gasteiger partial charge in [0.15, 0.2) is 0 Å². The summed E-state index contributed by atoms with van der Waals surface area (Å²) in [7, 11) is 1.84. The van der Waals surface area contributed by atoms with Crippen LogP contribution in [-0.2, 0) is 20.1 Å². The van der Waals surface area contributed by atoms with Crippen LogP contribution in [0.2, 0.25) is 0 Å². The summed E-state index contributed by atoms with van der Waals surface area (Å²) in [6.07, 6.45) is 5.38. The fourth-order valence-corrected chi connectivity index (χ4v) is 1.49. The molecular formula is C11H15N5O. The standard InChI is InChI=1S/C11H15N5O/c1-3-16-5-4-10(14-16)11(17)12-6-9-7-13-15(2)8-9/h4-5,7-8H,3,6H2,1-2H3,(H,12,17). The van der Waals surface area contributed by atoms with Gasteiger partial charge in [0.1, 0.15) is 5.69 Å². The predicted octanol–water partition coefficient (Wildman–Crippen LogP) is 0.566. The molecule has 1 N–H and O–H groups in total. The van der Waals surface area contributed by atoms with E-state index < -0.39 is 0 Å². The zero-order valence-corrected chi connectivity index (χ0v) is 9.92. The van der Waals surface area contributed by atoms with Crippen molar-refractivity contribution >= 4 is 5.91 Å². The lowest BCUT2D eigenvalue weighted by atomic mass is 10.3. The monoisotopic (exact) mass is 233 g/mol. The van der Waals surface area contributed by atoms with Crippen LogP contribution in [0.5, 0.6) is 0 Å². The molecule has 0 aliphatic carbocycles. The molecule has 0 aliphatic rings. The van der Waals surface area contributed by atoms with Crippen LogP contribution in [0.25, 0.3) is 0 Å². The quantitative estimate of drug-likeness (QED) is 0.839. The molecule has 0 atom stereocenters. The van der Waals surface area contributed by atoms with Crippen molar-refractivity contribution in [1.82, 2.24) is 24.9 Å². The highest BCUT2D eigenvalue weighted by atomic mass is 16.1. The molecule has 0 aliphatic heterocycles. The lowest BCUT2D eigenvalue weighted by Gasteiger charge is -2.00. The molecule has 0 aromatic carbocycles. The summed E-state index contributed by atoms with van der Waals surface area (Å²) < 4.78 is 3.42. The maximum atomic E-state index is 11.7. The van der Waals surface area contributed by atoms with E-state index in [-0.39, 0.29) is 5.91 Å². The third-order valence-electron chi connectivity index (χ3n) is 2.41. The second-order valence-electron chi connectivity index (χ2n) is 3.76. The molecule has 0 spiro atoms. The molecule has 0 unspecified atom stereocenters. The van der Waals surface area contributed by atoms with Gasteiger partial charge in [0, 0.05) is 38.1 Å². The molecule has 0 bridgehead atoms. The molecular weight excluding hydrogens is 218 g/mol. The summed E-state index contributed by atoms with van der Waals surface area (Å²) in [6, 6.07) is 1.71. The second-order valence-corrected chi connectivity index (χ2v) is 3.76. The molecule has 2 aromatic rings. The molecule has 90 valence electrons. The Bertz CT molecular complexity index is 513. The van der Waals surface area contributed by atoms with Gasteiger partial charge in [-0.05, 0) is 13.0 Å². The average molecular weight is 233 g/mol. The topological polar surface area (TPSA) is 64.7 Å². The van der Waals surface area contributed by atoms with E-state index in [0.29, 0.717) is 12.2 Å². The summed E-state index contributed by atoms with van der Waals surface area (Å²) in [5.41, 5.74) is 1.41. The van der Waals surface area contributed by atoms with Crippen molar-refractivity contribution in [3.05, 3.63) is 35.9 Å². The van der Waals surface area contributed by atoms with Gasteiger partial charge in [0.25, 0.3) is 5.91 Å². The van der Waals surface area contributed by atoms with E-state index in [2.05, 4.69) is 15.5 Å². The number of amides is 1. The molecule has 2 rings (SSSR count). The first-order valence-corrected chi connectivity index (χ1v) is 5.48. The van der Waals surface area contributed by atoms with E-state index in [4.69, 9.17) is 0 Å². The number of hydrogen-bond acceptors (Lipinski definition) is 3. The maximum Gasteiger partial charge on any atom is 0.272 e. The highest BCUT2D eigenvalue weighted by molar-refractivity contribution is 5.92. The summed E-state index contributed by atoms with van der Waals surface area (Å²) in [4.78, 5) is 11.7. The first-order valence-electron chi connectivity index (χ1n) is 5.48. The molecule has 2 aromatic heterocycles. The number of aromatic nitrogens is 4. The Labute approximate surface area is 99.2 Å². The molecule has 1 amide bonds. The van der Waals surface area contributed by atoms with Crippen molar-refractivity contribution in [2.45, 2.75) is 20.0 Å². The second kappa shape index (κ2) is 4.82. The molecule has 0 fully saturated rings. The van der Waals surface area contributed by atoms with Gasteiger partial charge in [0.05, 0.1) is 6.20 Å². The van der Waals surface area contributed by atoms with Gasteiger partial charge in [-0.3, -0.25) is 14.2 Å². The predicted molar refractivity (Wildman–Crippen MR) is 62.3 cm³/mol. The smallest absolute Gasteiger partial charge is 0.272 e. The fourth-order valence-electron chi connectivity index (χ4n) is 1.49. The van der Waals surface area contributed by atoms with Crippen LogP contribution in [0.4, 0.5) is 0 Å². The van der Waals surface area contributed by atoms with Crippen LogP contribution in [-0.4, -0.2) is 25.5 Å². The Morgan fingerprint density at radius 1 is 1.53 bits per heavy atom. The molecule has 17 heavy (non-hydrogen) atoms. The molecule has 6 heteroatoms. The third-order valence-corrected chi connectivity index (χ3v) is 2.41. The average Bonchev–Trinajstić information content (AvgIpc) is 2.94. The normalized spacial score (nSPS) is 10.5. The number of nitrogens with zero attached hydrogens (tertiary/aromatic N) is 4. The van der Waals surface area contributed by atoms with Crippen LogP contribution in [0.1, 0.15) is 23.0 Å². The summed E-state index contributed by atoms with van der Waals surface area (Å²) in [6.45, 7) is 3.20. The van der Waals surface area contributed by atoms with Gasteiger partial charge in [-0.1, -0.05) is 0 Å². The van der Waals surface area contributed by atoms with Crippen LogP contribution in [0.3, 0.4) is 0 Å². The number of nitrogens with one attached hydrogen (secondary N) is 1. The van der Waals surface area contributed by atoms with Crippen LogP contribution < -0.4 is 5.32 Å². The van der Waals surface area contributed by atoms with Gasteiger partial charge >= 0.3 is 0 Å². The number of rotatable bonds is 4. The lowest BCUT2D eigenvalue weighted by Crippen LogP contribution is -2.23. The summed E-state index contributed by atoms with van der Waals surface area (Å²) in [5, 5.41) is 11.0. The van der Waals surface area contributed by atoms with Gasteiger partial charge < -0.3 is 5.32 Å². The summed E-state index contributed by atoms with van der Waals surface area (Å²) >= 11 is 0. The Hall–Kier alpha value is -2.11. The van der Waals surface area contributed by atoms with E-state index in [0.717, 1.165) is 12.1 Å². The fraction of sp³-hybridized carbons (Fsp3) is 0.364. The Morgan fingerprint density at radius 2 is 2.35 bits per heavy atom. The SMILES string of the molecule is CCn1ccc(C(=O)NCc2cnn(C)c2)n1. The molecule has 6 nitrogen and oxygen atoms in total. The first-order chi connectivity index (χ1) is 8.19. The minimum Gasteiger partial charge on any atom is -0.346 e. The van der Waals surface area contributed by atoms with Gasteiger partial charge in [-0.25, -0.2) is 0 Å². The molecule has 2 heterocycles. The minimum absolute atomic E-state index is 0.166. The van der Waals surface area contributed by atoms with E-state index in [1.54, 1.807) is 27.8 Å². The number of hydrogen-bond donors (Lipinski definition) is 1. The van der Waals surface area contributed by atoms with E-state index in [1.807, 2.05) is 20.2 Å². The van der Waals surface area contributed by atoms with E-state index in [9.17, 15) is 4.79 Å². The summed E-state index contributed by atoms with van der Waals surface area (Å²) in [5.74, 6) is -0.166. The highest BCUT2D eigenvalue weighted by Crippen LogP contribution is 1.98. The molecule has 0 saturated carbocycles. The Balaban J connectivity index is 1.93. The number of aryl methyl sites for hydroxylation is 2. The van der Waals surface area contributed by atoms with Crippen LogP contribution in [0.15, 0.2) is 24.7 Å². The van der Waals surface area contributed by atoms with Crippen molar-refractivity contribution < 1.29 is 4.79 Å². The number of carbonyl (C=O) groups excluding carboxylic acids is 1. The van der Waals surface area contributed by atoms with Crippen molar-refractivity contribution in [3.63, 3.8) is 0 Å². The van der Waals surface area contributed by atoms with Gasteiger partial charge in [0.2, 0.25) is 0 Å². The zero-order valence-electron chi connectivity index (χ0n) is 9.92. The van der Waals surface area contributed by atoms with Crippen LogP contribution in [0, 0.1) is 0 Å². The van der Waals surface area contributed by atoms with E-state index >= 15 is 0 Å². The van der Waals surface area contributed by atoms with Crippen LogP contribution >= 0.6 is 0 Å². The van der Waals surface area contributed by atoms with Gasteiger partial charge in [-0.2, -0.15) is 10.2 Å². The van der Waals surface area contributed by atoms with Crippen molar-refractivity contribution in [3.8, 4) is 0 Å². The Morgan fingerprint density at radius 3 is 2.94 bits per heavy atom. The van der Waals surface area contributed by atoms with Gasteiger partial charge in [-0.15, -0.1) is 0 Å².